The van der Waals surface area contributed by atoms with Gasteiger partial charge in [0.25, 0.3) is 0 Å². The van der Waals surface area contributed by atoms with E-state index in [1.54, 1.807) is 6.20 Å². The maximum Gasteiger partial charge on any atom is 0.128 e. The van der Waals surface area contributed by atoms with E-state index < -0.39 is 0 Å². The molecule has 0 aliphatic rings. The van der Waals surface area contributed by atoms with Gasteiger partial charge in [-0.2, -0.15) is 0 Å². The Morgan fingerprint density at radius 3 is 2.53 bits per heavy atom. The summed E-state index contributed by atoms with van der Waals surface area (Å²) in [5, 5.41) is 0.700. The molecule has 0 aliphatic carbocycles. The fourth-order valence-electron chi connectivity index (χ4n) is 1.51. The quantitative estimate of drug-likeness (QED) is 0.735. The standard InChI is InChI=1S/C12H19ClN2/c1-3-5-9-15(8-4-2)12-7-6-11(13)10-14-12/h6-7,10H,3-5,8-9H2,1-2H3. The van der Waals surface area contributed by atoms with Gasteiger partial charge in [-0.1, -0.05) is 31.9 Å². The number of anilines is 1. The number of halogens is 1. The number of aromatic nitrogens is 1. The molecule has 84 valence electrons. The lowest BCUT2D eigenvalue weighted by atomic mass is 10.3. The van der Waals surface area contributed by atoms with Crippen LogP contribution in [0.1, 0.15) is 33.1 Å². The maximum atomic E-state index is 5.82. The van der Waals surface area contributed by atoms with Crippen molar-refractivity contribution >= 4 is 17.4 Å². The molecule has 1 aromatic rings. The van der Waals surface area contributed by atoms with E-state index in [0.717, 1.165) is 25.3 Å². The van der Waals surface area contributed by atoms with Crippen molar-refractivity contribution < 1.29 is 0 Å². The van der Waals surface area contributed by atoms with Gasteiger partial charge in [0, 0.05) is 19.3 Å². The highest BCUT2D eigenvalue weighted by atomic mass is 35.5. The minimum absolute atomic E-state index is 0.700. The van der Waals surface area contributed by atoms with E-state index in [9.17, 15) is 0 Å². The van der Waals surface area contributed by atoms with Gasteiger partial charge in [-0.05, 0) is 25.0 Å². The molecule has 15 heavy (non-hydrogen) atoms. The molecule has 1 rings (SSSR count). The summed E-state index contributed by atoms with van der Waals surface area (Å²) in [4.78, 5) is 6.66. The first kappa shape index (κ1) is 12.3. The van der Waals surface area contributed by atoms with Gasteiger partial charge in [-0.3, -0.25) is 0 Å². The van der Waals surface area contributed by atoms with Gasteiger partial charge < -0.3 is 4.90 Å². The number of hydrogen-bond donors (Lipinski definition) is 0. The monoisotopic (exact) mass is 226 g/mol. The largest absolute Gasteiger partial charge is 0.357 e. The highest BCUT2D eigenvalue weighted by Crippen LogP contribution is 2.15. The number of nitrogens with zero attached hydrogens (tertiary/aromatic N) is 2. The summed E-state index contributed by atoms with van der Waals surface area (Å²) in [6.45, 7) is 6.54. The predicted molar refractivity (Wildman–Crippen MR) is 66.7 cm³/mol. The smallest absolute Gasteiger partial charge is 0.128 e. The minimum Gasteiger partial charge on any atom is -0.357 e. The number of hydrogen-bond acceptors (Lipinski definition) is 2. The summed E-state index contributed by atoms with van der Waals surface area (Å²) in [6, 6.07) is 3.89. The highest BCUT2D eigenvalue weighted by molar-refractivity contribution is 6.30. The molecular weight excluding hydrogens is 208 g/mol. The lowest BCUT2D eigenvalue weighted by Gasteiger charge is -2.22. The summed E-state index contributed by atoms with van der Waals surface area (Å²) >= 11 is 5.82. The Balaban J connectivity index is 2.65. The van der Waals surface area contributed by atoms with Crippen LogP contribution in [0.3, 0.4) is 0 Å². The third-order valence-electron chi connectivity index (χ3n) is 2.31. The van der Waals surface area contributed by atoms with Crippen LogP contribution in [0.25, 0.3) is 0 Å². The van der Waals surface area contributed by atoms with Gasteiger partial charge in [0.2, 0.25) is 0 Å². The summed E-state index contributed by atoms with van der Waals surface area (Å²) in [7, 11) is 0. The van der Waals surface area contributed by atoms with Crippen LogP contribution in [0.2, 0.25) is 5.02 Å². The van der Waals surface area contributed by atoms with E-state index in [4.69, 9.17) is 11.6 Å². The Kier molecular flexibility index (Phi) is 5.48. The molecule has 0 N–H and O–H groups in total. The minimum atomic E-state index is 0.700. The van der Waals surface area contributed by atoms with E-state index in [2.05, 4.69) is 23.7 Å². The average Bonchev–Trinajstić information content (AvgIpc) is 2.25. The van der Waals surface area contributed by atoms with Crippen LogP contribution in [0, 0.1) is 0 Å². The molecule has 2 nitrogen and oxygen atoms in total. The molecule has 0 bridgehead atoms. The fourth-order valence-corrected chi connectivity index (χ4v) is 1.63. The van der Waals surface area contributed by atoms with E-state index in [0.29, 0.717) is 5.02 Å². The lowest BCUT2D eigenvalue weighted by molar-refractivity contribution is 0.696. The zero-order valence-electron chi connectivity index (χ0n) is 9.54. The molecule has 0 aliphatic heterocycles. The second-order valence-corrected chi connectivity index (χ2v) is 4.11. The molecule has 0 saturated heterocycles. The van der Waals surface area contributed by atoms with E-state index in [1.165, 1.54) is 12.8 Å². The molecule has 0 spiro atoms. The van der Waals surface area contributed by atoms with E-state index >= 15 is 0 Å². The molecule has 0 saturated carbocycles. The molecule has 0 unspecified atom stereocenters. The van der Waals surface area contributed by atoms with Crippen LogP contribution in [0.15, 0.2) is 18.3 Å². The first-order valence-corrected chi connectivity index (χ1v) is 6.02. The SMILES string of the molecule is CCCCN(CCC)c1ccc(Cl)cn1. The van der Waals surface area contributed by atoms with Crippen LogP contribution in [-0.2, 0) is 0 Å². The molecule has 0 amide bonds. The molecule has 1 aromatic heterocycles. The van der Waals surface area contributed by atoms with Crippen molar-refractivity contribution in [3.8, 4) is 0 Å². The Hall–Kier alpha value is -0.760. The Morgan fingerprint density at radius 2 is 2.00 bits per heavy atom. The summed E-state index contributed by atoms with van der Waals surface area (Å²) in [5.74, 6) is 1.04. The zero-order valence-corrected chi connectivity index (χ0v) is 10.3. The van der Waals surface area contributed by atoms with Gasteiger partial charge in [-0.25, -0.2) is 4.98 Å². The van der Waals surface area contributed by atoms with Crippen molar-refractivity contribution in [3.05, 3.63) is 23.4 Å². The van der Waals surface area contributed by atoms with Gasteiger partial charge in [0.15, 0.2) is 0 Å². The van der Waals surface area contributed by atoms with Crippen molar-refractivity contribution in [2.45, 2.75) is 33.1 Å². The van der Waals surface area contributed by atoms with Crippen LogP contribution < -0.4 is 4.90 Å². The van der Waals surface area contributed by atoms with Gasteiger partial charge >= 0.3 is 0 Å². The van der Waals surface area contributed by atoms with Crippen molar-refractivity contribution in [2.75, 3.05) is 18.0 Å². The van der Waals surface area contributed by atoms with Crippen LogP contribution in [0.5, 0.6) is 0 Å². The van der Waals surface area contributed by atoms with Crippen molar-refractivity contribution in [1.82, 2.24) is 4.98 Å². The first-order chi connectivity index (χ1) is 7.27. The molecule has 0 aromatic carbocycles. The predicted octanol–water partition coefficient (Wildman–Crippen LogP) is 3.75. The number of pyridine rings is 1. The Morgan fingerprint density at radius 1 is 1.20 bits per heavy atom. The molecule has 0 fully saturated rings. The molecule has 3 heteroatoms. The average molecular weight is 227 g/mol. The topological polar surface area (TPSA) is 16.1 Å². The van der Waals surface area contributed by atoms with E-state index in [1.807, 2.05) is 12.1 Å². The van der Waals surface area contributed by atoms with Crippen LogP contribution >= 0.6 is 11.6 Å². The second-order valence-electron chi connectivity index (χ2n) is 3.68. The number of unbranched alkanes of at least 4 members (excludes halogenated alkanes) is 1. The summed E-state index contributed by atoms with van der Waals surface area (Å²) in [5.41, 5.74) is 0. The second kappa shape index (κ2) is 6.67. The molecule has 0 atom stereocenters. The summed E-state index contributed by atoms with van der Waals surface area (Å²) < 4.78 is 0. The Labute approximate surface area is 97.3 Å². The maximum absolute atomic E-state index is 5.82. The summed E-state index contributed by atoms with van der Waals surface area (Å²) in [6.07, 6.45) is 5.29. The first-order valence-electron chi connectivity index (χ1n) is 5.64. The van der Waals surface area contributed by atoms with Crippen molar-refractivity contribution in [1.29, 1.82) is 0 Å². The van der Waals surface area contributed by atoms with Crippen molar-refractivity contribution in [2.24, 2.45) is 0 Å². The van der Waals surface area contributed by atoms with Crippen molar-refractivity contribution in [3.63, 3.8) is 0 Å². The third kappa shape index (κ3) is 4.08. The van der Waals surface area contributed by atoms with Gasteiger partial charge in [0.1, 0.15) is 5.82 Å². The molecule has 1 heterocycles. The molecule has 0 radical (unpaired) electrons. The Bertz CT molecular complexity index is 271. The highest BCUT2D eigenvalue weighted by Gasteiger charge is 2.05. The van der Waals surface area contributed by atoms with Gasteiger partial charge in [-0.15, -0.1) is 0 Å². The lowest BCUT2D eigenvalue weighted by Crippen LogP contribution is -2.25. The van der Waals surface area contributed by atoms with Crippen LogP contribution in [0.4, 0.5) is 5.82 Å². The third-order valence-corrected chi connectivity index (χ3v) is 2.53. The van der Waals surface area contributed by atoms with Crippen LogP contribution in [-0.4, -0.2) is 18.1 Å². The zero-order chi connectivity index (χ0) is 11.1. The normalized spacial score (nSPS) is 10.3. The van der Waals surface area contributed by atoms with Gasteiger partial charge in [0.05, 0.1) is 5.02 Å². The molecular formula is C12H19ClN2. The van der Waals surface area contributed by atoms with E-state index in [-0.39, 0.29) is 0 Å². The fraction of sp³-hybridized carbons (Fsp3) is 0.583. The number of rotatable bonds is 6.